The van der Waals surface area contributed by atoms with Gasteiger partial charge in [0.1, 0.15) is 11.6 Å². The van der Waals surface area contributed by atoms with Crippen molar-refractivity contribution in [2.75, 3.05) is 12.3 Å². The number of halogens is 2. The number of thioether (sulfide) groups is 1. The van der Waals surface area contributed by atoms with E-state index in [2.05, 4.69) is 5.32 Å². The summed E-state index contributed by atoms with van der Waals surface area (Å²) in [5, 5.41) is 3.27. The molecule has 2 aromatic carbocycles. The van der Waals surface area contributed by atoms with Crippen LogP contribution >= 0.6 is 11.8 Å². The largest absolute Gasteiger partial charge is 0.309 e. The van der Waals surface area contributed by atoms with E-state index in [0.29, 0.717) is 5.56 Å². The molecule has 2 rings (SSSR count). The van der Waals surface area contributed by atoms with Crippen LogP contribution in [0.4, 0.5) is 8.78 Å². The second kappa shape index (κ2) is 7.41. The fourth-order valence-corrected chi connectivity index (χ4v) is 3.01. The van der Waals surface area contributed by atoms with E-state index in [0.717, 1.165) is 23.3 Å². The van der Waals surface area contributed by atoms with Crippen LogP contribution in [-0.2, 0) is 0 Å². The van der Waals surface area contributed by atoms with Crippen molar-refractivity contribution >= 4 is 11.8 Å². The Bertz CT molecular complexity index is 525. The van der Waals surface area contributed by atoms with E-state index in [1.54, 1.807) is 11.8 Å². The second-order valence-electron chi connectivity index (χ2n) is 4.44. The van der Waals surface area contributed by atoms with Crippen LogP contribution in [0.3, 0.4) is 0 Å². The molecule has 0 amide bonds. The topological polar surface area (TPSA) is 12.0 Å². The third-order valence-electron chi connectivity index (χ3n) is 2.90. The van der Waals surface area contributed by atoms with E-state index in [-0.39, 0.29) is 6.04 Å². The van der Waals surface area contributed by atoms with Crippen LogP contribution in [0.1, 0.15) is 18.5 Å². The van der Waals surface area contributed by atoms with Crippen molar-refractivity contribution in [1.82, 2.24) is 5.32 Å². The van der Waals surface area contributed by atoms with Gasteiger partial charge in [0.25, 0.3) is 0 Å². The van der Waals surface area contributed by atoms with Crippen LogP contribution in [0.5, 0.6) is 0 Å². The smallest absolute Gasteiger partial charge is 0.126 e. The molecule has 1 unspecified atom stereocenters. The van der Waals surface area contributed by atoms with E-state index in [1.807, 2.05) is 37.3 Å². The fraction of sp³-hybridized carbons (Fsp3) is 0.250. The maximum atomic E-state index is 13.3. The predicted molar refractivity (Wildman–Crippen MR) is 79.9 cm³/mol. The molecular formula is C16H17F2NS. The van der Waals surface area contributed by atoms with Crippen molar-refractivity contribution in [3.05, 3.63) is 65.7 Å². The molecule has 0 bridgehead atoms. The molecule has 0 fully saturated rings. The average Bonchev–Trinajstić information content (AvgIpc) is 2.43. The van der Waals surface area contributed by atoms with Gasteiger partial charge in [-0.1, -0.05) is 25.1 Å². The summed E-state index contributed by atoms with van der Waals surface area (Å²) in [5.74, 6) is -0.346. The molecule has 106 valence electrons. The molecule has 20 heavy (non-hydrogen) atoms. The molecule has 2 aromatic rings. The molecule has 0 radical (unpaired) electrons. The van der Waals surface area contributed by atoms with Gasteiger partial charge in [-0.05, 0) is 36.4 Å². The maximum absolute atomic E-state index is 13.3. The zero-order valence-corrected chi connectivity index (χ0v) is 12.1. The normalized spacial score (nSPS) is 12.3. The molecule has 0 aliphatic heterocycles. The predicted octanol–water partition coefficient (Wildman–Crippen LogP) is 4.41. The first-order valence-electron chi connectivity index (χ1n) is 6.56. The lowest BCUT2D eigenvalue weighted by atomic mass is 10.1. The maximum Gasteiger partial charge on any atom is 0.126 e. The highest BCUT2D eigenvalue weighted by Gasteiger charge is 2.13. The Labute approximate surface area is 122 Å². The van der Waals surface area contributed by atoms with E-state index in [1.165, 1.54) is 12.1 Å². The highest BCUT2D eigenvalue weighted by molar-refractivity contribution is 7.99. The zero-order valence-electron chi connectivity index (χ0n) is 11.3. The highest BCUT2D eigenvalue weighted by Crippen LogP contribution is 2.25. The van der Waals surface area contributed by atoms with Gasteiger partial charge in [0.05, 0.1) is 0 Å². The summed E-state index contributed by atoms with van der Waals surface area (Å²) in [6, 6.07) is 13.6. The molecular weight excluding hydrogens is 276 g/mol. The fourth-order valence-electron chi connectivity index (χ4n) is 1.99. The van der Waals surface area contributed by atoms with Crippen molar-refractivity contribution in [1.29, 1.82) is 0 Å². The molecule has 0 saturated heterocycles. The van der Waals surface area contributed by atoms with Gasteiger partial charge in [0, 0.05) is 22.8 Å². The van der Waals surface area contributed by atoms with Crippen molar-refractivity contribution < 1.29 is 8.78 Å². The van der Waals surface area contributed by atoms with Gasteiger partial charge in [-0.25, -0.2) is 8.78 Å². The molecule has 1 N–H and O–H groups in total. The van der Waals surface area contributed by atoms with E-state index < -0.39 is 11.6 Å². The van der Waals surface area contributed by atoms with Gasteiger partial charge in [-0.2, -0.15) is 0 Å². The summed E-state index contributed by atoms with van der Waals surface area (Å²) in [7, 11) is 0. The number of rotatable bonds is 6. The highest BCUT2D eigenvalue weighted by atomic mass is 32.2. The van der Waals surface area contributed by atoms with Gasteiger partial charge >= 0.3 is 0 Å². The van der Waals surface area contributed by atoms with Gasteiger partial charge < -0.3 is 5.32 Å². The lowest BCUT2D eigenvalue weighted by molar-refractivity contribution is 0.558. The molecule has 1 nitrogen and oxygen atoms in total. The Kier molecular flexibility index (Phi) is 5.56. The number of nitrogens with one attached hydrogen (secondary N) is 1. The van der Waals surface area contributed by atoms with Gasteiger partial charge in [0.2, 0.25) is 0 Å². The summed E-state index contributed by atoms with van der Waals surface area (Å²) in [4.78, 5) is 1.15. The van der Waals surface area contributed by atoms with Crippen LogP contribution in [0, 0.1) is 11.6 Å². The molecule has 0 aliphatic carbocycles. The Balaban J connectivity index is 2.10. The van der Waals surface area contributed by atoms with Crippen molar-refractivity contribution in [2.45, 2.75) is 17.9 Å². The minimum Gasteiger partial charge on any atom is -0.309 e. The number of hydrogen-bond donors (Lipinski definition) is 1. The molecule has 0 saturated carbocycles. The number of hydrogen-bond acceptors (Lipinski definition) is 2. The minimum atomic E-state index is -0.535. The summed E-state index contributed by atoms with van der Waals surface area (Å²) < 4.78 is 26.6. The van der Waals surface area contributed by atoms with Gasteiger partial charge in [0.15, 0.2) is 0 Å². The van der Waals surface area contributed by atoms with Crippen molar-refractivity contribution in [2.24, 2.45) is 0 Å². The first-order chi connectivity index (χ1) is 9.69. The SMILES string of the molecule is CCNC(CSc1ccccc1)c1cc(F)cc(F)c1. The lowest BCUT2D eigenvalue weighted by Crippen LogP contribution is -2.23. The molecule has 1 atom stereocenters. The van der Waals surface area contributed by atoms with Gasteiger partial charge in [-0.3, -0.25) is 0 Å². The summed E-state index contributed by atoms with van der Waals surface area (Å²) in [6.45, 7) is 2.73. The van der Waals surface area contributed by atoms with Crippen LogP contribution < -0.4 is 5.32 Å². The van der Waals surface area contributed by atoms with E-state index in [4.69, 9.17) is 0 Å². The molecule has 0 spiro atoms. The molecule has 0 aromatic heterocycles. The lowest BCUT2D eigenvalue weighted by Gasteiger charge is -2.18. The minimum absolute atomic E-state index is 0.0737. The summed E-state index contributed by atoms with van der Waals surface area (Å²) in [6.07, 6.45) is 0. The quantitative estimate of drug-likeness (QED) is 0.792. The standard InChI is InChI=1S/C16H17F2NS/c1-2-19-16(11-20-15-6-4-3-5-7-15)12-8-13(17)10-14(18)9-12/h3-10,16,19H,2,11H2,1H3. The summed E-state index contributed by atoms with van der Waals surface area (Å²) in [5.41, 5.74) is 0.646. The number of benzene rings is 2. The Morgan fingerprint density at radius 2 is 1.70 bits per heavy atom. The third kappa shape index (κ3) is 4.32. The van der Waals surface area contributed by atoms with Crippen LogP contribution in [0.15, 0.2) is 53.4 Å². The Hall–Kier alpha value is -1.39. The zero-order chi connectivity index (χ0) is 14.4. The van der Waals surface area contributed by atoms with Crippen molar-refractivity contribution in [3.8, 4) is 0 Å². The van der Waals surface area contributed by atoms with Gasteiger partial charge in [-0.15, -0.1) is 11.8 Å². The second-order valence-corrected chi connectivity index (χ2v) is 5.53. The third-order valence-corrected chi connectivity index (χ3v) is 4.00. The van der Waals surface area contributed by atoms with E-state index in [9.17, 15) is 8.78 Å². The molecule has 4 heteroatoms. The van der Waals surface area contributed by atoms with Crippen molar-refractivity contribution in [3.63, 3.8) is 0 Å². The van der Waals surface area contributed by atoms with Crippen LogP contribution in [0.2, 0.25) is 0 Å². The molecule has 0 heterocycles. The van der Waals surface area contributed by atoms with Crippen LogP contribution in [0.25, 0.3) is 0 Å². The first-order valence-corrected chi connectivity index (χ1v) is 7.55. The molecule has 0 aliphatic rings. The monoisotopic (exact) mass is 293 g/mol. The first kappa shape index (κ1) is 15.0. The van der Waals surface area contributed by atoms with Crippen LogP contribution in [-0.4, -0.2) is 12.3 Å². The Morgan fingerprint density at radius 3 is 2.30 bits per heavy atom. The summed E-state index contributed by atoms with van der Waals surface area (Å²) >= 11 is 1.67. The van der Waals surface area contributed by atoms with E-state index >= 15 is 0 Å². The Morgan fingerprint density at radius 1 is 1.05 bits per heavy atom. The average molecular weight is 293 g/mol.